The van der Waals surface area contributed by atoms with Crippen molar-refractivity contribution in [3.63, 3.8) is 0 Å². The smallest absolute Gasteiger partial charge is 0.224 e. The molecule has 6 nitrogen and oxygen atoms in total. The van der Waals surface area contributed by atoms with Crippen LogP contribution in [-0.4, -0.2) is 31.2 Å². The Balaban J connectivity index is 1.97. The van der Waals surface area contributed by atoms with E-state index in [0.717, 1.165) is 16.9 Å². The SMILES string of the molecule is CNc1nc(Nc2cc(OC)cc(OC)c2)cc(-c2ccccc2)n1. The summed E-state index contributed by atoms with van der Waals surface area (Å²) in [6.45, 7) is 0. The standard InChI is InChI=1S/C19H20N4O2/c1-20-19-22-17(13-7-5-4-6-8-13)12-18(23-19)21-14-9-15(24-2)11-16(10-14)25-3/h4-12H,1-3H3,(H2,20,21,22,23). The first-order valence-corrected chi connectivity index (χ1v) is 7.84. The summed E-state index contributed by atoms with van der Waals surface area (Å²) in [6, 6.07) is 17.5. The summed E-state index contributed by atoms with van der Waals surface area (Å²) < 4.78 is 10.6. The molecule has 0 spiro atoms. The van der Waals surface area contributed by atoms with Crippen molar-refractivity contribution in [3.05, 3.63) is 54.6 Å². The third-order valence-electron chi connectivity index (χ3n) is 3.64. The zero-order valence-corrected chi connectivity index (χ0v) is 14.4. The van der Waals surface area contributed by atoms with Gasteiger partial charge in [-0.05, 0) is 0 Å². The highest BCUT2D eigenvalue weighted by Gasteiger charge is 2.08. The molecular formula is C19H20N4O2. The maximum Gasteiger partial charge on any atom is 0.224 e. The Labute approximate surface area is 146 Å². The van der Waals surface area contributed by atoms with Gasteiger partial charge in [0.05, 0.1) is 19.9 Å². The van der Waals surface area contributed by atoms with Gasteiger partial charge in [-0.2, -0.15) is 4.98 Å². The lowest BCUT2D eigenvalue weighted by Gasteiger charge is -2.12. The van der Waals surface area contributed by atoms with Crippen molar-refractivity contribution in [2.75, 3.05) is 31.9 Å². The van der Waals surface area contributed by atoms with E-state index in [1.807, 2.05) is 54.6 Å². The van der Waals surface area contributed by atoms with Crippen LogP contribution in [-0.2, 0) is 0 Å². The minimum Gasteiger partial charge on any atom is -0.497 e. The van der Waals surface area contributed by atoms with Gasteiger partial charge in [-0.1, -0.05) is 30.3 Å². The van der Waals surface area contributed by atoms with Gasteiger partial charge < -0.3 is 20.1 Å². The highest BCUT2D eigenvalue weighted by Crippen LogP contribution is 2.29. The molecule has 1 aromatic heterocycles. The second-order valence-electron chi connectivity index (χ2n) is 5.30. The Morgan fingerprint density at radius 1 is 0.840 bits per heavy atom. The highest BCUT2D eigenvalue weighted by atomic mass is 16.5. The van der Waals surface area contributed by atoms with E-state index < -0.39 is 0 Å². The molecule has 0 atom stereocenters. The van der Waals surface area contributed by atoms with E-state index in [1.165, 1.54) is 0 Å². The fourth-order valence-corrected chi connectivity index (χ4v) is 2.41. The number of nitrogens with zero attached hydrogens (tertiary/aromatic N) is 2. The first-order chi connectivity index (χ1) is 12.2. The molecule has 2 N–H and O–H groups in total. The average molecular weight is 336 g/mol. The van der Waals surface area contributed by atoms with Gasteiger partial charge in [-0.15, -0.1) is 0 Å². The molecule has 128 valence electrons. The average Bonchev–Trinajstić information content (AvgIpc) is 2.68. The van der Waals surface area contributed by atoms with Crippen LogP contribution >= 0.6 is 0 Å². The van der Waals surface area contributed by atoms with E-state index in [2.05, 4.69) is 20.6 Å². The fraction of sp³-hybridized carbons (Fsp3) is 0.158. The van der Waals surface area contributed by atoms with Crippen molar-refractivity contribution in [1.29, 1.82) is 0 Å². The second-order valence-corrected chi connectivity index (χ2v) is 5.30. The lowest BCUT2D eigenvalue weighted by atomic mass is 10.1. The topological polar surface area (TPSA) is 68.3 Å². The van der Waals surface area contributed by atoms with Crippen LogP contribution in [0.2, 0.25) is 0 Å². The van der Waals surface area contributed by atoms with E-state index in [9.17, 15) is 0 Å². The molecule has 6 heteroatoms. The van der Waals surface area contributed by atoms with E-state index in [0.29, 0.717) is 23.3 Å². The zero-order valence-electron chi connectivity index (χ0n) is 14.4. The monoisotopic (exact) mass is 336 g/mol. The number of hydrogen-bond donors (Lipinski definition) is 2. The van der Waals surface area contributed by atoms with E-state index in [-0.39, 0.29) is 0 Å². The minimum absolute atomic E-state index is 0.540. The van der Waals surface area contributed by atoms with Crippen LogP contribution in [0.4, 0.5) is 17.5 Å². The minimum atomic E-state index is 0.540. The van der Waals surface area contributed by atoms with Crippen molar-refractivity contribution in [2.24, 2.45) is 0 Å². The molecule has 0 saturated carbocycles. The molecule has 0 saturated heterocycles. The lowest BCUT2D eigenvalue weighted by Crippen LogP contribution is -2.02. The maximum atomic E-state index is 5.31. The normalized spacial score (nSPS) is 10.2. The van der Waals surface area contributed by atoms with Gasteiger partial charge in [-0.3, -0.25) is 0 Å². The second kappa shape index (κ2) is 7.53. The molecular weight excluding hydrogens is 316 g/mol. The summed E-state index contributed by atoms with van der Waals surface area (Å²) in [5.74, 6) is 2.62. The number of methoxy groups -OCH3 is 2. The summed E-state index contributed by atoms with van der Waals surface area (Å²) >= 11 is 0. The van der Waals surface area contributed by atoms with Crippen molar-refractivity contribution in [1.82, 2.24) is 9.97 Å². The molecule has 0 aliphatic heterocycles. The summed E-state index contributed by atoms with van der Waals surface area (Å²) in [5, 5.41) is 6.28. The molecule has 0 bridgehead atoms. The van der Waals surface area contributed by atoms with Crippen LogP contribution in [0.25, 0.3) is 11.3 Å². The largest absolute Gasteiger partial charge is 0.497 e. The Hall–Kier alpha value is -3.28. The van der Waals surface area contributed by atoms with Crippen molar-refractivity contribution < 1.29 is 9.47 Å². The van der Waals surface area contributed by atoms with E-state index in [1.54, 1.807) is 21.3 Å². The third kappa shape index (κ3) is 3.98. The van der Waals surface area contributed by atoms with Gasteiger partial charge in [0.2, 0.25) is 5.95 Å². The number of anilines is 3. The van der Waals surface area contributed by atoms with Crippen molar-refractivity contribution in [3.8, 4) is 22.8 Å². The predicted octanol–water partition coefficient (Wildman–Crippen LogP) is 3.95. The fourth-order valence-electron chi connectivity index (χ4n) is 2.41. The van der Waals surface area contributed by atoms with Crippen molar-refractivity contribution in [2.45, 2.75) is 0 Å². The zero-order chi connectivity index (χ0) is 17.6. The van der Waals surface area contributed by atoms with Gasteiger partial charge in [0, 0.05) is 42.6 Å². The molecule has 0 radical (unpaired) electrons. The molecule has 1 heterocycles. The number of rotatable bonds is 6. The molecule has 0 amide bonds. The number of hydrogen-bond acceptors (Lipinski definition) is 6. The maximum absolute atomic E-state index is 5.31. The Morgan fingerprint density at radius 3 is 2.12 bits per heavy atom. The molecule has 25 heavy (non-hydrogen) atoms. The molecule has 2 aromatic carbocycles. The molecule has 3 aromatic rings. The summed E-state index contributed by atoms with van der Waals surface area (Å²) in [7, 11) is 5.04. The number of benzene rings is 2. The Bertz CT molecular complexity index is 831. The van der Waals surface area contributed by atoms with Crippen LogP contribution in [0, 0.1) is 0 Å². The first kappa shape index (κ1) is 16.6. The van der Waals surface area contributed by atoms with Crippen LogP contribution in [0.1, 0.15) is 0 Å². The highest BCUT2D eigenvalue weighted by molar-refractivity contribution is 5.68. The first-order valence-electron chi connectivity index (χ1n) is 7.84. The summed E-state index contributed by atoms with van der Waals surface area (Å²) in [4.78, 5) is 8.99. The van der Waals surface area contributed by atoms with Crippen LogP contribution in [0.3, 0.4) is 0 Å². The van der Waals surface area contributed by atoms with Gasteiger partial charge in [0.1, 0.15) is 17.3 Å². The quantitative estimate of drug-likeness (QED) is 0.710. The molecule has 0 aliphatic rings. The number of aromatic nitrogens is 2. The Kier molecular flexibility index (Phi) is 4.99. The predicted molar refractivity (Wildman–Crippen MR) is 99.8 cm³/mol. The van der Waals surface area contributed by atoms with Crippen LogP contribution < -0.4 is 20.1 Å². The summed E-state index contributed by atoms with van der Waals surface area (Å²) in [6.07, 6.45) is 0. The van der Waals surface area contributed by atoms with Gasteiger partial charge in [0.25, 0.3) is 0 Å². The van der Waals surface area contributed by atoms with Gasteiger partial charge in [0.15, 0.2) is 0 Å². The van der Waals surface area contributed by atoms with Gasteiger partial charge in [-0.25, -0.2) is 4.98 Å². The van der Waals surface area contributed by atoms with E-state index >= 15 is 0 Å². The molecule has 0 fully saturated rings. The van der Waals surface area contributed by atoms with E-state index in [4.69, 9.17) is 9.47 Å². The number of ether oxygens (including phenoxy) is 2. The lowest BCUT2D eigenvalue weighted by molar-refractivity contribution is 0.395. The van der Waals surface area contributed by atoms with Crippen molar-refractivity contribution >= 4 is 17.5 Å². The third-order valence-corrected chi connectivity index (χ3v) is 3.64. The summed E-state index contributed by atoms with van der Waals surface area (Å²) in [5.41, 5.74) is 2.67. The molecule has 0 unspecified atom stereocenters. The Morgan fingerprint density at radius 2 is 1.52 bits per heavy atom. The van der Waals surface area contributed by atoms with Crippen LogP contribution in [0.15, 0.2) is 54.6 Å². The van der Waals surface area contributed by atoms with Crippen LogP contribution in [0.5, 0.6) is 11.5 Å². The molecule has 0 aliphatic carbocycles. The van der Waals surface area contributed by atoms with Gasteiger partial charge >= 0.3 is 0 Å². The number of nitrogens with one attached hydrogen (secondary N) is 2. The molecule has 3 rings (SSSR count).